The van der Waals surface area contributed by atoms with Crippen LogP contribution in [0.1, 0.15) is 27.2 Å². The van der Waals surface area contributed by atoms with Crippen molar-refractivity contribution >= 4 is 45.1 Å². The monoisotopic (exact) mass is 606 g/mol. The molecule has 0 aliphatic carbocycles. The molecule has 3 aromatic rings. The molecular weight excluding hydrogens is 587 g/mol. The first kappa shape index (κ1) is 26.5. The van der Waals surface area contributed by atoms with Crippen LogP contribution in [0.15, 0.2) is 41.6 Å². The van der Waals surface area contributed by atoms with E-state index in [0.29, 0.717) is 18.0 Å². The number of nitrogens with zero attached hydrogens (tertiary/aromatic N) is 6. The Labute approximate surface area is 218 Å². The Kier molecular flexibility index (Phi) is 7.65. The van der Waals surface area contributed by atoms with Crippen LogP contribution < -0.4 is 5.76 Å². The molecule has 1 amide bonds. The predicted molar refractivity (Wildman–Crippen MR) is 128 cm³/mol. The van der Waals surface area contributed by atoms with Crippen LogP contribution in [0.2, 0.25) is 0 Å². The second kappa shape index (κ2) is 10.4. The second-order valence-corrected chi connectivity index (χ2v) is 11.6. The first-order valence-corrected chi connectivity index (χ1v) is 13.1. The van der Waals surface area contributed by atoms with Gasteiger partial charge in [0.25, 0.3) is 11.3 Å². The molecule has 1 fully saturated rings. The van der Waals surface area contributed by atoms with Gasteiger partial charge in [0.2, 0.25) is 5.82 Å². The summed E-state index contributed by atoms with van der Waals surface area (Å²) in [5.74, 6) is -1.31. The standard InChI is InChI=1S/C19H20BrFN6O7S2/c1-19(2,3)27(36(30)31)18(29)33-25-7-6-11(9-25)35-16-14(22-34-24-16)15-23-32-17(28)26(15)10-4-5-13(21)12(20)8-10/h4-5,8,11H,6-7,9H2,1-3H3,(H,30,31)/t11-/m1/s1. The molecule has 1 aliphatic rings. The Morgan fingerprint density at radius 1 is 1.36 bits per heavy atom. The number of hydroxylamine groups is 2. The molecule has 0 radical (unpaired) electrons. The molecule has 1 unspecified atom stereocenters. The van der Waals surface area contributed by atoms with Crippen molar-refractivity contribution in [1.29, 1.82) is 0 Å². The molecule has 0 saturated carbocycles. The van der Waals surface area contributed by atoms with Gasteiger partial charge >= 0.3 is 11.8 Å². The van der Waals surface area contributed by atoms with E-state index in [1.165, 1.54) is 35.0 Å². The lowest BCUT2D eigenvalue weighted by Crippen LogP contribution is -2.48. The molecule has 0 spiro atoms. The zero-order valence-corrected chi connectivity index (χ0v) is 22.3. The molecule has 1 aliphatic heterocycles. The van der Waals surface area contributed by atoms with Gasteiger partial charge in [0.1, 0.15) is 5.82 Å². The van der Waals surface area contributed by atoms with Crippen molar-refractivity contribution in [2.75, 3.05) is 13.1 Å². The van der Waals surface area contributed by atoms with Crippen LogP contribution in [0, 0.1) is 5.82 Å². The summed E-state index contributed by atoms with van der Waals surface area (Å²) in [6, 6.07) is 3.95. The van der Waals surface area contributed by atoms with Crippen LogP contribution in [-0.4, -0.2) is 68.1 Å². The predicted octanol–water partition coefficient (Wildman–Crippen LogP) is 3.23. The van der Waals surface area contributed by atoms with Crippen molar-refractivity contribution in [1.82, 2.24) is 29.4 Å². The number of carbonyl (C=O) groups excluding carboxylic acids is 1. The van der Waals surface area contributed by atoms with Gasteiger partial charge in [-0.05, 0) is 71.6 Å². The number of halogens is 2. The molecule has 4 rings (SSSR count). The average Bonchev–Trinajstić information content (AvgIpc) is 3.49. The van der Waals surface area contributed by atoms with Crippen LogP contribution in [-0.2, 0) is 16.1 Å². The highest BCUT2D eigenvalue weighted by atomic mass is 79.9. The molecule has 3 heterocycles. The summed E-state index contributed by atoms with van der Waals surface area (Å²) in [5.41, 5.74) is -0.511. The first-order chi connectivity index (χ1) is 17.0. The van der Waals surface area contributed by atoms with Gasteiger partial charge in [-0.3, -0.25) is 9.08 Å². The normalized spacial score (nSPS) is 17.3. The van der Waals surface area contributed by atoms with Crippen molar-refractivity contribution in [3.63, 3.8) is 0 Å². The van der Waals surface area contributed by atoms with E-state index in [0.717, 1.165) is 8.87 Å². The minimum absolute atomic E-state index is 0.00906. The lowest BCUT2D eigenvalue weighted by atomic mass is 10.1. The third kappa shape index (κ3) is 5.54. The number of rotatable bonds is 6. The van der Waals surface area contributed by atoms with Crippen molar-refractivity contribution in [2.24, 2.45) is 0 Å². The maximum atomic E-state index is 13.7. The molecule has 194 valence electrons. The zero-order valence-electron chi connectivity index (χ0n) is 19.1. The van der Waals surface area contributed by atoms with Crippen LogP contribution in [0.3, 0.4) is 0 Å². The van der Waals surface area contributed by atoms with E-state index in [1.807, 2.05) is 0 Å². The Hall–Kier alpha value is -2.60. The quantitative estimate of drug-likeness (QED) is 0.409. The molecule has 1 aromatic carbocycles. The van der Waals surface area contributed by atoms with E-state index in [4.69, 9.17) is 14.0 Å². The van der Waals surface area contributed by atoms with Crippen LogP contribution >= 0.6 is 27.7 Å². The Morgan fingerprint density at radius 2 is 2.11 bits per heavy atom. The molecule has 13 nitrogen and oxygen atoms in total. The minimum Gasteiger partial charge on any atom is -0.350 e. The van der Waals surface area contributed by atoms with Crippen molar-refractivity contribution < 1.29 is 31.9 Å². The summed E-state index contributed by atoms with van der Waals surface area (Å²) >= 11 is 1.79. The molecule has 1 N–H and O–H groups in total. The SMILES string of the molecule is CC(C)(C)N(C(=O)ON1CC[C@@H](Sc2nonc2-c2noc(=O)n2-c2ccc(F)c(Br)c2)C1)S(=O)O. The molecule has 2 aromatic heterocycles. The highest BCUT2D eigenvalue weighted by Gasteiger charge is 2.36. The van der Waals surface area contributed by atoms with E-state index >= 15 is 0 Å². The van der Waals surface area contributed by atoms with Crippen LogP contribution in [0.25, 0.3) is 17.2 Å². The summed E-state index contributed by atoms with van der Waals surface area (Å²) in [6.45, 7) is 5.49. The number of benzene rings is 1. The van der Waals surface area contributed by atoms with Gasteiger partial charge in [-0.1, -0.05) is 16.9 Å². The summed E-state index contributed by atoms with van der Waals surface area (Å²) in [5, 5.41) is 13.1. The Bertz CT molecular complexity index is 1360. The number of carbonyl (C=O) groups is 1. The van der Waals surface area contributed by atoms with Gasteiger partial charge in [0.05, 0.1) is 15.7 Å². The van der Waals surface area contributed by atoms with E-state index in [2.05, 4.69) is 31.4 Å². The van der Waals surface area contributed by atoms with E-state index in [-0.39, 0.29) is 33.5 Å². The molecule has 0 bridgehead atoms. The summed E-state index contributed by atoms with van der Waals surface area (Å²) < 4.78 is 46.4. The molecule has 1 saturated heterocycles. The van der Waals surface area contributed by atoms with Gasteiger partial charge in [-0.2, -0.15) is 4.31 Å². The molecule has 17 heteroatoms. The second-order valence-electron chi connectivity index (χ2n) is 8.59. The summed E-state index contributed by atoms with van der Waals surface area (Å²) in [6.07, 6.45) is -0.367. The average molecular weight is 607 g/mol. The largest absolute Gasteiger partial charge is 0.446 e. The number of amides is 1. The Morgan fingerprint density at radius 3 is 2.78 bits per heavy atom. The highest BCUT2D eigenvalue weighted by molar-refractivity contribution is 9.10. The number of aromatic nitrogens is 4. The van der Waals surface area contributed by atoms with Crippen molar-refractivity contribution in [2.45, 2.75) is 43.0 Å². The van der Waals surface area contributed by atoms with Gasteiger partial charge in [0.15, 0.2) is 10.7 Å². The maximum Gasteiger partial charge on any atom is 0.446 e. The lowest BCUT2D eigenvalue weighted by molar-refractivity contribution is -0.0921. The zero-order chi connectivity index (χ0) is 26.2. The molecule has 36 heavy (non-hydrogen) atoms. The lowest BCUT2D eigenvalue weighted by Gasteiger charge is -2.31. The fourth-order valence-electron chi connectivity index (χ4n) is 3.40. The smallest absolute Gasteiger partial charge is 0.350 e. The van der Waals surface area contributed by atoms with Crippen LogP contribution in [0.4, 0.5) is 9.18 Å². The summed E-state index contributed by atoms with van der Waals surface area (Å²) in [7, 11) is 0. The van der Waals surface area contributed by atoms with Crippen molar-refractivity contribution in [3.05, 3.63) is 39.0 Å². The first-order valence-electron chi connectivity index (χ1n) is 10.4. The molecule has 2 atom stereocenters. The van der Waals surface area contributed by atoms with E-state index in [9.17, 15) is 22.7 Å². The summed E-state index contributed by atoms with van der Waals surface area (Å²) in [4.78, 5) is 30.1. The maximum absolute atomic E-state index is 13.7. The Balaban J connectivity index is 1.49. The third-order valence-electron chi connectivity index (χ3n) is 4.96. The van der Waals surface area contributed by atoms with Gasteiger partial charge in [-0.25, -0.2) is 27.4 Å². The van der Waals surface area contributed by atoms with Crippen molar-refractivity contribution in [3.8, 4) is 17.2 Å². The van der Waals surface area contributed by atoms with Crippen LogP contribution in [0.5, 0.6) is 0 Å². The minimum atomic E-state index is -2.55. The van der Waals surface area contributed by atoms with Gasteiger partial charge in [0, 0.05) is 18.3 Å². The van der Waals surface area contributed by atoms with E-state index in [1.54, 1.807) is 20.8 Å². The topological polar surface area (TPSA) is 157 Å². The van der Waals surface area contributed by atoms with E-state index < -0.39 is 34.5 Å². The van der Waals surface area contributed by atoms with Gasteiger partial charge < -0.3 is 4.84 Å². The fourth-order valence-corrected chi connectivity index (χ4v) is 5.49. The molecular formula is C19H20BrFN6O7S2. The fraction of sp³-hybridized carbons (Fsp3) is 0.421. The number of thioether (sulfide) groups is 1. The third-order valence-corrected chi connectivity index (χ3v) is 7.79. The number of hydrogen-bond acceptors (Lipinski definition) is 11. The highest BCUT2D eigenvalue weighted by Crippen LogP contribution is 2.35. The van der Waals surface area contributed by atoms with Gasteiger partial charge in [-0.15, -0.1) is 5.06 Å². The number of hydrogen-bond donors (Lipinski definition) is 1.